The molecule has 88 valence electrons. The summed E-state index contributed by atoms with van der Waals surface area (Å²) in [7, 11) is 0. The number of hydrogen-bond acceptors (Lipinski definition) is 2. The maximum absolute atomic E-state index is 12.9. The van der Waals surface area contributed by atoms with Gasteiger partial charge < -0.3 is 5.32 Å². The first-order valence-corrected chi connectivity index (χ1v) is 5.44. The first kappa shape index (κ1) is 12.8. The van der Waals surface area contributed by atoms with Crippen molar-refractivity contribution in [1.29, 1.82) is 0 Å². The van der Waals surface area contributed by atoms with Crippen molar-refractivity contribution in [3.8, 4) is 0 Å². The number of halogens is 1. The number of nitrogens with one attached hydrogen (secondary N) is 1. The van der Waals surface area contributed by atoms with E-state index in [9.17, 15) is 9.18 Å². The summed E-state index contributed by atoms with van der Waals surface area (Å²) in [6, 6.07) is 4.25. The number of likely N-dealkylation sites (N-methyl/N-ethyl adjacent to an activating group) is 1. The lowest BCUT2D eigenvalue weighted by Crippen LogP contribution is -2.46. The van der Waals surface area contributed by atoms with Crippen LogP contribution in [-0.4, -0.2) is 17.9 Å². The first-order chi connectivity index (χ1) is 7.38. The van der Waals surface area contributed by atoms with E-state index in [1.165, 1.54) is 12.1 Å². The highest BCUT2D eigenvalue weighted by molar-refractivity contribution is 6.03. The van der Waals surface area contributed by atoms with Gasteiger partial charge in [0.05, 0.1) is 5.54 Å². The Morgan fingerprint density at radius 2 is 2.06 bits per heavy atom. The quantitative estimate of drug-likeness (QED) is 0.795. The highest BCUT2D eigenvalue weighted by atomic mass is 19.1. The minimum Gasteiger partial charge on any atom is -0.305 e. The molecule has 0 unspecified atom stereocenters. The van der Waals surface area contributed by atoms with Crippen LogP contribution in [0, 0.1) is 12.7 Å². The lowest BCUT2D eigenvalue weighted by molar-refractivity contribution is 0.0883. The Balaban J connectivity index is 3.05. The Morgan fingerprint density at radius 3 is 2.56 bits per heavy atom. The van der Waals surface area contributed by atoms with Crippen molar-refractivity contribution < 1.29 is 9.18 Å². The number of aryl methyl sites for hydroxylation is 1. The fourth-order valence-electron chi connectivity index (χ4n) is 1.74. The third kappa shape index (κ3) is 2.67. The van der Waals surface area contributed by atoms with E-state index in [4.69, 9.17) is 0 Å². The van der Waals surface area contributed by atoms with Gasteiger partial charge in [-0.15, -0.1) is 0 Å². The van der Waals surface area contributed by atoms with Crippen LogP contribution in [0.5, 0.6) is 0 Å². The van der Waals surface area contributed by atoms with E-state index >= 15 is 0 Å². The van der Waals surface area contributed by atoms with E-state index < -0.39 is 5.54 Å². The number of hydrogen-bond donors (Lipinski definition) is 1. The van der Waals surface area contributed by atoms with Crippen molar-refractivity contribution in [2.45, 2.75) is 33.2 Å². The molecule has 0 radical (unpaired) electrons. The van der Waals surface area contributed by atoms with Gasteiger partial charge in [-0.1, -0.05) is 6.92 Å². The fraction of sp³-hybridized carbons (Fsp3) is 0.462. The number of carbonyl (C=O) groups excluding carboxylic acids is 1. The van der Waals surface area contributed by atoms with Crippen molar-refractivity contribution in [2.24, 2.45) is 0 Å². The minimum absolute atomic E-state index is 0.00755. The molecule has 3 heteroatoms. The molecule has 0 amide bonds. The van der Waals surface area contributed by atoms with Crippen LogP contribution >= 0.6 is 0 Å². The van der Waals surface area contributed by atoms with Gasteiger partial charge in [-0.2, -0.15) is 0 Å². The summed E-state index contributed by atoms with van der Waals surface area (Å²) in [6.45, 7) is 8.09. The SMILES string of the molecule is CCNC(C)(C)C(=O)c1ccc(F)cc1C. The average molecular weight is 223 g/mol. The Bertz CT molecular complexity index is 399. The second-order valence-electron chi connectivity index (χ2n) is 4.44. The second kappa shape index (κ2) is 4.74. The van der Waals surface area contributed by atoms with Crippen LogP contribution in [0.1, 0.15) is 36.7 Å². The molecule has 2 nitrogen and oxygen atoms in total. The van der Waals surface area contributed by atoms with Crippen molar-refractivity contribution in [3.05, 3.63) is 35.1 Å². The van der Waals surface area contributed by atoms with E-state index in [1.54, 1.807) is 13.0 Å². The predicted molar refractivity (Wildman–Crippen MR) is 63.2 cm³/mol. The van der Waals surface area contributed by atoms with Gasteiger partial charge in [0.15, 0.2) is 5.78 Å². The lowest BCUT2D eigenvalue weighted by atomic mass is 9.90. The molecule has 0 saturated carbocycles. The number of Topliss-reactive ketones (excluding diaryl/α,β-unsaturated/α-hetero) is 1. The third-order valence-electron chi connectivity index (χ3n) is 2.62. The molecule has 0 fully saturated rings. The highest BCUT2D eigenvalue weighted by Gasteiger charge is 2.28. The molecular weight excluding hydrogens is 205 g/mol. The van der Waals surface area contributed by atoms with Gasteiger partial charge >= 0.3 is 0 Å². The van der Waals surface area contributed by atoms with Gasteiger partial charge in [0.2, 0.25) is 0 Å². The molecule has 1 aromatic rings. The Kier molecular flexibility index (Phi) is 3.81. The standard InChI is InChI=1S/C13H18FNO/c1-5-15-13(3,4)12(16)11-7-6-10(14)8-9(11)2/h6-8,15H,5H2,1-4H3. The Labute approximate surface area is 95.9 Å². The van der Waals surface area contributed by atoms with E-state index in [0.717, 1.165) is 6.54 Å². The fourth-order valence-corrected chi connectivity index (χ4v) is 1.74. The van der Waals surface area contributed by atoms with Gasteiger partial charge in [0, 0.05) is 5.56 Å². The average Bonchev–Trinajstić information content (AvgIpc) is 2.16. The molecule has 0 spiro atoms. The monoisotopic (exact) mass is 223 g/mol. The summed E-state index contributed by atoms with van der Waals surface area (Å²) in [5.74, 6) is -0.317. The summed E-state index contributed by atoms with van der Waals surface area (Å²) < 4.78 is 12.9. The van der Waals surface area contributed by atoms with Crippen LogP contribution in [0.25, 0.3) is 0 Å². The number of benzene rings is 1. The molecule has 1 N–H and O–H groups in total. The van der Waals surface area contributed by atoms with Gasteiger partial charge in [-0.05, 0) is 51.1 Å². The van der Waals surface area contributed by atoms with Crippen LogP contribution in [0.15, 0.2) is 18.2 Å². The number of carbonyl (C=O) groups is 1. The van der Waals surface area contributed by atoms with Crippen molar-refractivity contribution in [3.63, 3.8) is 0 Å². The van der Waals surface area contributed by atoms with Crippen LogP contribution in [-0.2, 0) is 0 Å². The molecule has 0 saturated heterocycles. The van der Waals surface area contributed by atoms with Crippen LogP contribution in [0.2, 0.25) is 0 Å². The van der Waals surface area contributed by atoms with Gasteiger partial charge in [0.25, 0.3) is 0 Å². The minimum atomic E-state index is -0.614. The zero-order valence-electron chi connectivity index (χ0n) is 10.2. The molecule has 0 aromatic heterocycles. The van der Waals surface area contributed by atoms with E-state index in [2.05, 4.69) is 5.32 Å². The third-order valence-corrected chi connectivity index (χ3v) is 2.62. The number of rotatable bonds is 4. The van der Waals surface area contributed by atoms with E-state index in [-0.39, 0.29) is 11.6 Å². The lowest BCUT2D eigenvalue weighted by Gasteiger charge is -2.24. The second-order valence-corrected chi connectivity index (χ2v) is 4.44. The van der Waals surface area contributed by atoms with Crippen molar-refractivity contribution in [1.82, 2.24) is 5.32 Å². The molecule has 1 rings (SSSR count). The molecule has 0 heterocycles. The van der Waals surface area contributed by atoms with Gasteiger partial charge in [-0.3, -0.25) is 4.79 Å². The van der Waals surface area contributed by atoms with Crippen LogP contribution in [0.3, 0.4) is 0 Å². The van der Waals surface area contributed by atoms with Crippen molar-refractivity contribution >= 4 is 5.78 Å². The van der Waals surface area contributed by atoms with E-state index in [0.29, 0.717) is 11.1 Å². The number of ketones is 1. The normalized spacial score (nSPS) is 11.6. The summed E-state index contributed by atoms with van der Waals surface area (Å²) in [5, 5.41) is 3.12. The van der Waals surface area contributed by atoms with Gasteiger partial charge in [0.1, 0.15) is 5.82 Å². The summed E-state index contributed by atoms with van der Waals surface area (Å²) in [6.07, 6.45) is 0. The smallest absolute Gasteiger partial charge is 0.182 e. The summed E-state index contributed by atoms with van der Waals surface area (Å²) >= 11 is 0. The zero-order chi connectivity index (χ0) is 12.3. The summed E-state index contributed by atoms with van der Waals surface area (Å²) in [5.41, 5.74) is 0.639. The molecule has 16 heavy (non-hydrogen) atoms. The predicted octanol–water partition coefficient (Wildman–Crippen LogP) is 2.70. The molecule has 0 aliphatic rings. The first-order valence-electron chi connectivity index (χ1n) is 5.44. The summed E-state index contributed by atoms with van der Waals surface area (Å²) in [4.78, 5) is 12.2. The molecule has 1 aromatic carbocycles. The molecule has 0 atom stereocenters. The maximum Gasteiger partial charge on any atom is 0.182 e. The largest absolute Gasteiger partial charge is 0.305 e. The molecule has 0 aliphatic carbocycles. The van der Waals surface area contributed by atoms with Crippen LogP contribution in [0.4, 0.5) is 4.39 Å². The molecule has 0 bridgehead atoms. The Hall–Kier alpha value is -1.22. The topological polar surface area (TPSA) is 29.1 Å². The Morgan fingerprint density at radius 1 is 1.44 bits per heavy atom. The van der Waals surface area contributed by atoms with E-state index in [1.807, 2.05) is 20.8 Å². The van der Waals surface area contributed by atoms with Gasteiger partial charge in [-0.25, -0.2) is 4.39 Å². The van der Waals surface area contributed by atoms with Crippen molar-refractivity contribution in [2.75, 3.05) is 6.54 Å². The maximum atomic E-state index is 12.9. The van der Waals surface area contributed by atoms with Crippen LogP contribution < -0.4 is 5.32 Å². The molecular formula is C13H18FNO. The zero-order valence-corrected chi connectivity index (χ0v) is 10.2. The highest BCUT2D eigenvalue weighted by Crippen LogP contribution is 2.17. The molecule has 0 aliphatic heterocycles.